The first kappa shape index (κ1) is 19.5. The molecule has 0 fully saturated rings. The quantitative estimate of drug-likeness (QED) is 0.600. The van der Waals surface area contributed by atoms with Crippen LogP contribution in [-0.2, 0) is 24.4 Å². The Labute approximate surface area is 164 Å². The lowest BCUT2D eigenvalue weighted by Crippen LogP contribution is -2.38. The molecule has 3 rings (SSSR count). The standard InChI is InChI=1S/C23H24N2O3/c24-20(23(25)26)13-19-11-12-21(27-15-17-7-3-1-4-8-17)22(14-19)28-16-18-9-5-2-6-10-18/h1-12,14,20H,13,15-16,24H2,(H2,25,26)/t20-/m0/s1. The van der Waals surface area contributed by atoms with Crippen molar-refractivity contribution >= 4 is 5.91 Å². The molecule has 28 heavy (non-hydrogen) atoms. The van der Waals surface area contributed by atoms with Gasteiger partial charge in [-0.3, -0.25) is 4.79 Å². The third kappa shape index (κ3) is 5.59. The van der Waals surface area contributed by atoms with Crippen molar-refractivity contribution in [3.8, 4) is 11.5 Å². The van der Waals surface area contributed by atoms with Crippen molar-refractivity contribution in [3.63, 3.8) is 0 Å². The van der Waals surface area contributed by atoms with Crippen molar-refractivity contribution in [2.24, 2.45) is 11.5 Å². The van der Waals surface area contributed by atoms with Crippen molar-refractivity contribution in [2.45, 2.75) is 25.7 Å². The molecular formula is C23H24N2O3. The molecule has 0 unspecified atom stereocenters. The summed E-state index contributed by atoms with van der Waals surface area (Å²) in [5, 5.41) is 0. The van der Waals surface area contributed by atoms with Crippen molar-refractivity contribution in [1.29, 1.82) is 0 Å². The average molecular weight is 376 g/mol. The van der Waals surface area contributed by atoms with Gasteiger partial charge in [-0.25, -0.2) is 0 Å². The minimum absolute atomic E-state index is 0.343. The van der Waals surface area contributed by atoms with E-state index in [4.69, 9.17) is 20.9 Å². The number of hydrogen-bond acceptors (Lipinski definition) is 4. The smallest absolute Gasteiger partial charge is 0.234 e. The monoisotopic (exact) mass is 376 g/mol. The van der Waals surface area contributed by atoms with Crippen LogP contribution in [0.4, 0.5) is 0 Å². The normalized spacial score (nSPS) is 11.6. The first-order valence-electron chi connectivity index (χ1n) is 9.13. The van der Waals surface area contributed by atoms with Gasteiger partial charge in [0.1, 0.15) is 13.2 Å². The second-order valence-corrected chi connectivity index (χ2v) is 6.54. The Kier molecular flexibility index (Phi) is 6.65. The van der Waals surface area contributed by atoms with E-state index >= 15 is 0 Å². The van der Waals surface area contributed by atoms with Crippen LogP contribution in [0.25, 0.3) is 0 Å². The largest absolute Gasteiger partial charge is 0.485 e. The Morgan fingerprint density at radius 3 is 1.82 bits per heavy atom. The van der Waals surface area contributed by atoms with Gasteiger partial charge in [-0.05, 0) is 35.2 Å². The van der Waals surface area contributed by atoms with Crippen LogP contribution in [0.15, 0.2) is 78.9 Å². The van der Waals surface area contributed by atoms with E-state index < -0.39 is 11.9 Å². The fraction of sp³-hybridized carbons (Fsp3) is 0.174. The summed E-state index contributed by atoms with van der Waals surface area (Å²) in [5.74, 6) is 0.710. The number of ether oxygens (including phenoxy) is 2. The maximum absolute atomic E-state index is 11.3. The van der Waals surface area contributed by atoms with Crippen molar-refractivity contribution in [3.05, 3.63) is 95.6 Å². The molecule has 0 radical (unpaired) electrons. The van der Waals surface area contributed by atoms with Gasteiger partial charge in [0.15, 0.2) is 11.5 Å². The van der Waals surface area contributed by atoms with E-state index in [-0.39, 0.29) is 0 Å². The summed E-state index contributed by atoms with van der Waals surface area (Å²) in [7, 11) is 0. The molecule has 0 spiro atoms. The molecule has 1 amide bonds. The Morgan fingerprint density at radius 2 is 1.29 bits per heavy atom. The summed E-state index contributed by atoms with van der Waals surface area (Å²) in [5.41, 5.74) is 14.0. The van der Waals surface area contributed by atoms with Gasteiger partial charge in [0, 0.05) is 0 Å². The number of carbonyl (C=O) groups excluding carboxylic acids is 1. The molecule has 3 aromatic rings. The van der Waals surface area contributed by atoms with E-state index in [1.54, 1.807) is 0 Å². The molecule has 5 heteroatoms. The molecule has 0 saturated carbocycles. The first-order valence-corrected chi connectivity index (χ1v) is 9.13. The maximum atomic E-state index is 11.3. The fourth-order valence-electron chi connectivity index (χ4n) is 2.74. The van der Waals surface area contributed by atoms with Gasteiger partial charge in [0.05, 0.1) is 6.04 Å². The molecule has 5 nitrogen and oxygen atoms in total. The summed E-state index contributed by atoms with van der Waals surface area (Å²) in [6.45, 7) is 0.844. The second kappa shape index (κ2) is 9.58. The zero-order valence-corrected chi connectivity index (χ0v) is 15.6. The summed E-state index contributed by atoms with van der Waals surface area (Å²) < 4.78 is 12.0. The number of rotatable bonds is 9. The zero-order valence-electron chi connectivity index (χ0n) is 15.6. The molecule has 0 aliphatic rings. The summed E-state index contributed by atoms with van der Waals surface area (Å²) in [6.07, 6.45) is 0.343. The molecule has 0 saturated heterocycles. The van der Waals surface area contributed by atoms with E-state index in [0.29, 0.717) is 31.1 Å². The van der Waals surface area contributed by atoms with Crippen LogP contribution < -0.4 is 20.9 Å². The first-order chi connectivity index (χ1) is 13.6. The maximum Gasteiger partial charge on any atom is 0.234 e. The molecule has 1 atom stereocenters. The van der Waals surface area contributed by atoms with Crippen molar-refractivity contribution in [2.75, 3.05) is 0 Å². The van der Waals surface area contributed by atoms with Gasteiger partial charge in [-0.2, -0.15) is 0 Å². The highest BCUT2D eigenvalue weighted by atomic mass is 16.5. The Balaban J connectivity index is 1.76. The molecule has 0 aromatic heterocycles. The number of nitrogens with two attached hydrogens (primary N) is 2. The predicted molar refractivity (Wildman–Crippen MR) is 109 cm³/mol. The third-order valence-corrected chi connectivity index (χ3v) is 4.30. The number of hydrogen-bond donors (Lipinski definition) is 2. The van der Waals surface area contributed by atoms with E-state index in [9.17, 15) is 4.79 Å². The fourth-order valence-corrected chi connectivity index (χ4v) is 2.74. The van der Waals surface area contributed by atoms with E-state index in [2.05, 4.69) is 0 Å². The van der Waals surface area contributed by atoms with E-state index in [1.807, 2.05) is 78.9 Å². The summed E-state index contributed by atoms with van der Waals surface area (Å²) in [6, 6.07) is 24.6. The van der Waals surface area contributed by atoms with Crippen LogP contribution in [0.3, 0.4) is 0 Å². The molecule has 3 aromatic carbocycles. The lowest BCUT2D eigenvalue weighted by molar-refractivity contribution is -0.119. The van der Waals surface area contributed by atoms with Crippen LogP contribution in [0.2, 0.25) is 0 Å². The lowest BCUT2D eigenvalue weighted by atomic mass is 10.1. The molecule has 0 aliphatic heterocycles. The van der Waals surface area contributed by atoms with Gasteiger partial charge in [0.2, 0.25) is 5.91 Å². The van der Waals surface area contributed by atoms with E-state index in [0.717, 1.165) is 16.7 Å². The second-order valence-electron chi connectivity index (χ2n) is 6.54. The van der Waals surface area contributed by atoms with Crippen LogP contribution in [0.1, 0.15) is 16.7 Å². The average Bonchev–Trinajstić information content (AvgIpc) is 2.73. The zero-order chi connectivity index (χ0) is 19.8. The van der Waals surface area contributed by atoms with Crippen molar-refractivity contribution in [1.82, 2.24) is 0 Å². The van der Waals surface area contributed by atoms with Crippen LogP contribution in [0, 0.1) is 0 Å². The Hall–Kier alpha value is -3.31. The highest BCUT2D eigenvalue weighted by Crippen LogP contribution is 2.30. The minimum Gasteiger partial charge on any atom is -0.485 e. The van der Waals surface area contributed by atoms with Gasteiger partial charge < -0.3 is 20.9 Å². The molecule has 0 heterocycles. The number of primary amides is 1. The van der Waals surface area contributed by atoms with E-state index in [1.165, 1.54) is 0 Å². The minimum atomic E-state index is -0.738. The van der Waals surface area contributed by atoms with Gasteiger partial charge in [-0.1, -0.05) is 66.7 Å². The number of benzene rings is 3. The third-order valence-electron chi connectivity index (χ3n) is 4.30. The molecule has 144 valence electrons. The number of amides is 1. The molecule has 0 bridgehead atoms. The predicted octanol–water partition coefficient (Wildman–Crippen LogP) is 3.20. The highest BCUT2D eigenvalue weighted by molar-refractivity contribution is 5.79. The summed E-state index contributed by atoms with van der Waals surface area (Å²) in [4.78, 5) is 11.3. The Bertz CT molecular complexity index is 898. The van der Waals surface area contributed by atoms with Crippen molar-refractivity contribution < 1.29 is 14.3 Å². The highest BCUT2D eigenvalue weighted by Gasteiger charge is 2.13. The SMILES string of the molecule is NC(=O)[C@@H](N)Cc1ccc(OCc2ccccc2)c(OCc2ccccc2)c1. The lowest BCUT2D eigenvalue weighted by Gasteiger charge is -2.15. The van der Waals surface area contributed by atoms with Gasteiger partial charge in [0.25, 0.3) is 0 Å². The van der Waals surface area contributed by atoms with Crippen LogP contribution in [0.5, 0.6) is 11.5 Å². The topological polar surface area (TPSA) is 87.6 Å². The van der Waals surface area contributed by atoms with Gasteiger partial charge in [-0.15, -0.1) is 0 Å². The molecule has 4 N–H and O–H groups in total. The molecule has 0 aliphatic carbocycles. The van der Waals surface area contributed by atoms with Gasteiger partial charge >= 0.3 is 0 Å². The van der Waals surface area contributed by atoms with Crippen LogP contribution in [-0.4, -0.2) is 11.9 Å². The Morgan fingerprint density at radius 1 is 0.750 bits per heavy atom. The number of carbonyl (C=O) groups is 1. The summed E-state index contributed by atoms with van der Waals surface area (Å²) >= 11 is 0. The molecular weight excluding hydrogens is 352 g/mol. The van der Waals surface area contributed by atoms with Crippen LogP contribution >= 0.6 is 0 Å².